The lowest BCUT2D eigenvalue weighted by Gasteiger charge is -2.33. The Hall–Kier alpha value is -0.280. The van der Waals surface area contributed by atoms with Gasteiger partial charge in [-0.15, -0.1) is 23.2 Å². The van der Waals surface area contributed by atoms with E-state index in [2.05, 4.69) is 30.9 Å². The molecular formula is C12H21Cl2N3. The van der Waals surface area contributed by atoms with Crippen LogP contribution in [-0.2, 0) is 13.0 Å². The van der Waals surface area contributed by atoms with Crippen LogP contribution in [0, 0.1) is 11.3 Å². The molecule has 98 valence electrons. The highest BCUT2D eigenvalue weighted by Crippen LogP contribution is 2.34. The summed E-state index contributed by atoms with van der Waals surface area (Å²) in [6.07, 6.45) is 3.45. The first kappa shape index (κ1) is 14.8. The first-order valence-electron chi connectivity index (χ1n) is 6.08. The van der Waals surface area contributed by atoms with E-state index >= 15 is 0 Å². The molecule has 1 rings (SSSR count). The van der Waals surface area contributed by atoms with E-state index in [-0.39, 0.29) is 5.41 Å². The molecule has 0 radical (unpaired) electrons. The zero-order chi connectivity index (χ0) is 12.9. The molecule has 0 spiro atoms. The van der Waals surface area contributed by atoms with Gasteiger partial charge in [-0.25, -0.2) is 4.98 Å². The lowest BCUT2D eigenvalue weighted by molar-refractivity contribution is 0.249. The third-order valence-electron chi connectivity index (χ3n) is 3.40. The van der Waals surface area contributed by atoms with Crippen molar-refractivity contribution in [1.29, 1.82) is 0 Å². The molecule has 0 saturated carbocycles. The SMILES string of the molecule is CCCn1ncnc1CC(CCl)(CCl)C(C)C. The van der Waals surface area contributed by atoms with Gasteiger partial charge in [0.15, 0.2) is 0 Å². The monoisotopic (exact) mass is 277 g/mol. The van der Waals surface area contributed by atoms with Crippen molar-refractivity contribution in [1.82, 2.24) is 14.8 Å². The topological polar surface area (TPSA) is 30.7 Å². The van der Waals surface area contributed by atoms with Crippen molar-refractivity contribution in [2.75, 3.05) is 11.8 Å². The second-order valence-electron chi connectivity index (χ2n) is 4.86. The Morgan fingerprint density at radius 2 is 2.00 bits per heavy atom. The minimum absolute atomic E-state index is 0.0956. The Bertz CT molecular complexity index is 332. The van der Waals surface area contributed by atoms with Gasteiger partial charge in [-0.05, 0) is 12.3 Å². The number of alkyl halides is 2. The molecule has 17 heavy (non-hydrogen) atoms. The van der Waals surface area contributed by atoms with Crippen LogP contribution in [0.25, 0.3) is 0 Å². The normalized spacial score (nSPS) is 12.4. The van der Waals surface area contributed by atoms with Crippen LogP contribution < -0.4 is 0 Å². The second-order valence-corrected chi connectivity index (χ2v) is 5.40. The Kier molecular flexibility index (Phi) is 5.74. The lowest BCUT2D eigenvalue weighted by atomic mass is 9.77. The standard InChI is InChI=1S/C12H21Cl2N3/c1-4-5-17-11(15-9-16-17)6-12(7-13,8-14)10(2)3/h9-10H,4-8H2,1-3H3. The molecule has 0 fully saturated rings. The van der Waals surface area contributed by atoms with Crippen molar-refractivity contribution in [2.45, 2.75) is 40.2 Å². The van der Waals surface area contributed by atoms with Gasteiger partial charge in [-0.2, -0.15) is 5.10 Å². The summed E-state index contributed by atoms with van der Waals surface area (Å²) in [6.45, 7) is 7.34. The van der Waals surface area contributed by atoms with Gasteiger partial charge >= 0.3 is 0 Å². The van der Waals surface area contributed by atoms with Crippen molar-refractivity contribution >= 4 is 23.2 Å². The Morgan fingerprint density at radius 3 is 2.47 bits per heavy atom. The summed E-state index contributed by atoms with van der Waals surface area (Å²) >= 11 is 12.2. The summed E-state index contributed by atoms with van der Waals surface area (Å²) in [7, 11) is 0. The quantitative estimate of drug-likeness (QED) is 0.716. The predicted molar refractivity (Wildman–Crippen MR) is 72.7 cm³/mol. The van der Waals surface area contributed by atoms with Crippen LogP contribution in [0.1, 0.15) is 33.0 Å². The largest absolute Gasteiger partial charge is 0.250 e. The number of nitrogens with zero attached hydrogens (tertiary/aromatic N) is 3. The molecule has 0 saturated heterocycles. The molecule has 1 heterocycles. The first-order chi connectivity index (χ1) is 8.09. The average Bonchev–Trinajstić information content (AvgIpc) is 2.73. The maximum absolute atomic E-state index is 6.12. The molecule has 0 N–H and O–H groups in total. The number of hydrogen-bond acceptors (Lipinski definition) is 2. The molecular weight excluding hydrogens is 257 g/mol. The highest BCUT2D eigenvalue weighted by Gasteiger charge is 2.34. The lowest BCUT2D eigenvalue weighted by Crippen LogP contribution is -2.35. The summed E-state index contributed by atoms with van der Waals surface area (Å²) in [5, 5.41) is 4.24. The molecule has 0 aliphatic carbocycles. The molecule has 0 aromatic carbocycles. The van der Waals surface area contributed by atoms with Gasteiger partial charge in [0.2, 0.25) is 0 Å². The molecule has 0 aliphatic rings. The zero-order valence-corrected chi connectivity index (χ0v) is 12.3. The third-order valence-corrected chi connectivity index (χ3v) is 4.46. The van der Waals surface area contributed by atoms with Crippen molar-refractivity contribution < 1.29 is 0 Å². The molecule has 0 unspecified atom stereocenters. The minimum atomic E-state index is -0.0956. The maximum atomic E-state index is 6.12. The fourth-order valence-electron chi connectivity index (χ4n) is 1.78. The van der Waals surface area contributed by atoms with Crippen LogP contribution in [0.4, 0.5) is 0 Å². The van der Waals surface area contributed by atoms with Crippen LogP contribution in [0.2, 0.25) is 0 Å². The molecule has 0 aliphatic heterocycles. The van der Waals surface area contributed by atoms with Gasteiger partial charge in [0.05, 0.1) is 0 Å². The Labute approximate surface area is 114 Å². The summed E-state index contributed by atoms with van der Waals surface area (Å²) in [5.41, 5.74) is -0.0956. The maximum Gasteiger partial charge on any atom is 0.138 e. The van der Waals surface area contributed by atoms with Gasteiger partial charge in [-0.3, -0.25) is 4.68 Å². The fourth-order valence-corrected chi connectivity index (χ4v) is 2.87. The Morgan fingerprint density at radius 1 is 1.35 bits per heavy atom. The molecule has 0 amide bonds. The number of halogens is 2. The molecule has 3 nitrogen and oxygen atoms in total. The van der Waals surface area contributed by atoms with Crippen LogP contribution in [0.5, 0.6) is 0 Å². The molecule has 1 aromatic heterocycles. The van der Waals surface area contributed by atoms with Crippen molar-refractivity contribution in [3.8, 4) is 0 Å². The summed E-state index contributed by atoms with van der Waals surface area (Å²) in [4.78, 5) is 4.33. The van der Waals surface area contributed by atoms with Crippen LogP contribution in [-0.4, -0.2) is 26.5 Å². The molecule has 5 heteroatoms. The Balaban J connectivity index is 2.89. The third kappa shape index (κ3) is 3.35. The van der Waals surface area contributed by atoms with Crippen LogP contribution >= 0.6 is 23.2 Å². The van der Waals surface area contributed by atoms with Crippen LogP contribution in [0.15, 0.2) is 6.33 Å². The van der Waals surface area contributed by atoms with E-state index in [4.69, 9.17) is 23.2 Å². The van der Waals surface area contributed by atoms with Gasteiger partial charge < -0.3 is 0 Å². The summed E-state index contributed by atoms with van der Waals surface area (Å²) in [5.74, 6) is 2.51. The smallest absolute Gasteiger partial charge is 0.138 e. The number of aryl methyl sites for hydroxylation is 1. The zero-order valence-electron chi connectivity index (χ0n) is 10.8. The van der Waals surface area contributed by atoms with Crippen LogP contribution in [0.3, 0.4) is 0 Å². The van der Waals surface area contributed by atoms with E-state index in [0.29, 0.717) is 17.7 Å². The van der Waals surface area contributed by atoms with Crippen molar-refractivity contribution in [3.05, 3.63) is 12.2 Å². The number of aromatic nitrogens is 3. The van der Waals surface area contributed by atoms with Gasteiger partial charge in [-0.1, -0.05) is 20.8 Å². The van der Waals surface area contributed by atoms with E-state index in [9.17, 15) is 0 Å². The predicted octanol–water partition coefficient (Wildman–Crippen LogP) is 3.35. The van der Waals surface area contributed by atoms with E-state index in [1.165, 1.54) is 0 Å². The van der Waals surface area contributed by atoms with Gasteiger partial charge in [0, 0.05) is 30.1 Å². The van der Waals surface area contributed by atoms with Crippen molar-refractivity contribution in [3.63, 3.8) is 0 Å². The van der Waals surface area contributed by atoms with E-state index < -0.39 is 0 Å². The average molecular weight is 278 g/mol. The first-order valence-corrected chi connectivity index (χ1v) is 7.15. The molecule has 0 atom stereocenters. The van der Waals surface area contributed by atoms with E-state index in [1.54, 1.807) is 6.33 Å². The second kappa shape index (κ2) is 6.60. The van der Waals surface area contributed by atoms with E-state index in [1.807, 2.05) is 4.68 Å². The fraction of sp³-hybridized carbons (Fsp3) is 0.833. The number of rotatable bonds is 7. The van der Waals surface area contributed by atoms with E-state index in [0.717, 1.165) is 25.2 Å². The molecule has 0 bridgehead atoms. The molecule has 1 aromatic rings. The summed E-state index contributed by atoms with van der Waals surface area (Å²) in [6, 6.07) is 0. The number of hydrogen-bond donors (Lipinski definition) is 0. The highest BCUT2D eigenvalue weighted by molar-refractivity contribution is 6.21. The van der Waals surface area contributed by atoms with Gasteiger partial charge in [0.25, 0.3) is 0 Å². The minimum Gasteiger partial charge on any atom is -0.250 e. The van der Waals surface area contributed by atoms with Gasteiger partial charge in [0.1, 0.15) is 12.2 Å². The summed E-state index contributed by atoms with van der Waals surface area (Å²) < 4.78 is 1.95. The van der Waals surface area contributed by atoms with Crippen molar-refractivity contribution in [2.24, 2.45) is 11.3 Å². The highest BCUT2D eigenvalue weighted by atomic mass is 35.5.